The second-order valence-electron chi connectivity index (χ2n) is 4.73. The maximum atomic E-state index is 10.8. The summed E-state index contributed by atoms with van der Waals surface area (Å²) in [7, 11) is 0. The van der Waals surface area contributed by atoms with Gasteiger partial charge in [-0.3, -0.25) is 0 Å². The molecule has 0 fully saturated rings. The van der Waals surface area contributed by atoms with Crippen molar-refractivity contribution >= 4 is 11.8 Å². The summed E-state index contributed by atoms with van der Waals surface area (Å²) in [6.07, 6.45) is 2.20. The van der Waals surface area contributed by atoms with E-state index >= 15 is 0 Å². The second-order valence-corrected chi connectivity index (χ2v) is 4.73. The molecule has 4 heteroatoms. The zero-order valence-corrected chi connectivity index (χ0v) is 10.6. The number of carboxylic acid groups (broad SMARTS) is 1. The van der Waals surface area contributed by atoms with Crippen LogP contribution in [0, 0.1) is 5.92 Å². The van der Waals surface area contributed by atoms with Crippen molar-refractivity contribution in [1.82, 2.24) is 4.98 Å². The third-order valence-electron chi connectivity index (χ3n) is 2.54. The van der Waals surface area contributed by atoms with E-state index in [0.717, 1.165) is 12.8 Å². The summed E-state index contributed by atoms with van der Waals surface area (Å²) in [5, 5.41) is 12.0. The van der Waals surface area contributed by atoms with Gasteiger partial charge < -0.3 is 10.4 Å². The first kappa shape index (κ1) is 13.5. The molecule has 0 aromatic carbocycles. The molecule has 0 bridgehead atoms. The minimum absolute atomic E-state index is 0.0751. The van der Waals surface area contributed by atoms with E-state index in [1.807, 2.05) is 0 Å². The van der Waals surface area contributed by atoms with Crippen molar-refractivity contribution in [2.75, 3.05) is 5.32 Å². The number of hydrogen-bond acceptors (Lipinski definition) is 3. The number of carboxylic acids is 1. The molecule has 1 rings (SSSR count). The van der Waals surface area contributed by atoms with Gasteiger partial charge >= 0.3 is 5.97 Å². The van der Waals surface area contributed by atoms with E-state index in [1.165, 1.54) is 6.07 Å². The Hall–Kier alpha value is -1.58. The number of carbonyl (C=O) groups is 1. The second kappa shape index (κ2) is 6.23. The standard InChI is InChI=1S/C13H20N2O2/c1-9(2)7-8-10(3)14-12-6-4-5-11(15-12)13(16)17/h4-6,9-10H,7-8H2,1-3H3,(H,14,15)(H,16,17). The van der Waals surface area contributed by atoms with Gasteiger partial charge in [-0.05, 0) is 37.8 Å². The Bertz CT molecular complexity index is 377. The zero-order chi connectivity index (χ0) is 12.8. The monoisotopic (exact) mass is 236 g/mol. The molecular formula is C13H20N2O2. The highest BCUT2D eigenvalue weighted by molar-refractivity contribution is 5.85. The number of aromatic carboxylic acids is 1. The number of aromatic nitrogens is 1. The highest BCUT2D eigenvalue weighted by Gasteiger charge is 2.07. The van der Waals surface area contributed by atoms with Gasteiger partial charge in [0.25, 0.3) is 0 Å². The number of anilines is 1. The summed E-state index contributed by atoms with van der Waals surface area (Å²) in [6, 6.07) is 5.28. The van der Waals surface area contributed by atoms with Crippen molar-refractivity contribution in [3.8, 4) is 0 Å². The molecular weight excluding hydrogens is 216 g/mol. The molecule has 0 spiro atoms. The summed E-state index contributed by atoms with van der Waals surface area (Å²) < 4.78 is 0. The van der Waals surface area contributed by atoms with Crippen LogP contribution in [0.4, 0.5) is 5.82 Å². The van der Waals surface area contributed by atoms with E-state index in [0.29, 0.717) is 17.8 Å². The lowest BCUT2D eigenvalue weighted by molar-refractivity contribution is 0.0690. The molecule has 0 aliphatic rings. The van der Waals surface area contributed by atoms with Crippen LogP contribution in [-0.4, -0.2) is 22.1 Å². The van der Waals surface area contributed by atoms with Crippen LogP contribution in [0.2, 0.25) is 0 Å². The fraction of sp³-hybridized carbons (Fsp3) is 0.538. The van der Waals surface area contributed by atoms with Crippen molar-refractivity contribution < 1.29 is 9.90 Å². The van der Waals surface area contributed by atoms with Gasteiger partial charge in [0.05, 0.1) is 0 Å². The van der Waals surface area contributed by atoms with Crippen LogP contribution in [-0.2, 0) is 0 Å². The predicted octanol–water partition coefficient (Wildman–Crippen LogP) is 3.02. The number of nitrogens with one attached hydrogen (secondary N) is 1. The summed E-state index contributed by atoms with van der Waals surface area (Å²) in [6.45, 7) is 6.46. The normalized spacial score (nSPS) is 12.5. The van der Waals surface area contributed by atoms with Gasteiger partial charge in [-0.15, -0.1) is 0 Å². The third kappa shape index (κ3) is 4.85. The van der Waals surface area contributed by atoms with Crippen LogP contribution in [0.3, 0.4) is 0 Å². The fourth-order valence-corrected chi connectivity index (χ4v) is 1.54. The van der Waals surface area contributed by atoms with E-state index in [4.69, 9.17) is 5.11 Å². The van der Waals surface area contributed by atoms with Crippen molar-refractivity contribution in [2.45, 2.75) is 39.7 Å². The smallest absolute Gasteiger partial charge is 0.354 e. The van der Waals surface area contributed by atoms with Gasteiger partial charge in [-0.1, -0.05) is 19.9 Å². The topological polar surface area (TPSA) is 62.2 Å². The maximum Gasteiger partial charge on any atom is 0.354 e. The van der Waals surface area contributed by atoms with Crippen molar-refractivity contribution in [3.05, 3.63) is 23.9 Å². The van der Waals surface area contributed by atoms with Gasteiger partial charge in [0.2, 0.25) is 0 Å². The van der Waals surface area contributed by atoms with E-state index in [9.17, 15) is 4.79 Å². The van der Waals surface area contributed by atoms with Gasteiger partial charge in [-0.2, -0.15) is 0 Å². The van der Waals surface area contributed by atoms with Crippen molar-refractivity contribution in [1.29, 1.82) is 0 Å². The molecule has 0 radical (unpaired) electrons. The van der Waals surface area contributed by atoms with Crippen molar-refractivity contribution in [2.24, 2.45) is 5.92 Å². The minimum atomic E-state index is -0.997. The SMILES string of the molecule is CC(C)CCC(C)Nc1cccc(C(=O)O)n1. The van der Waals surface area contributed by atoms with Crippen LogP contribution >= 0.6 is 0 Å². The molecule has 94 valence electrons. The molecule has 0 saturated carbocycles. The quantitative estimate of drug-likeness (QED) is 0.797. The average molecular weight is 236 g/mol. The van der Waals surface area contributed by atoms with Gasteiger partial charge in [-0.25, -0.2) is 9.78 Å². The first-order chi connectivity index (χ1) is 7.99. The number of hydrogen-bond donors (Lipinski definition) is 2. The lowest BCUT2D eigenvalue weighted by Crippen LogP contribution is -2.17. The summed E-state index contributed by atoms with van der Waals surface area (Å²) >= 11 is 0. The Kier molecular flexibility index (Phi) is 4.94. The van der Waals surface area contributed by atoms with Crippen LogP contribution < -0.4 is 5.32 Å². The average Bonchev–Trinajstić information content (AvgIpc) is 2.26. The van der Waals surface area contributed by atoms with Crippen molar-refractivity contribution in [3.63, 3.8) is 0 Å². The van der Waals surface area contributed by atoms with E-state index in [-0.39, 0.29) is 5.69 Å². The Balaban J connectivity index is 2.56. The van der Waals surface area contributed by atoms with Crippen LogP contribution in [0.25, 0.3) is 0 Å². The lowest BCUT2D eigenvalue weighted by atomic mass is 10.0. The first-order valence-corrected chi connectivity index (χ1v) is 5.96. The molecule has 0 amide bonds. The maximum absolute atomic E-state index is 10.8. The van der Waals surface area contributed by atoms with Crippen LogP contribution in [0.1, 0.15) is 44.1 Å². The van der Waals surface area contributed by atoms with Gasteiger partial charge in [0, 0.05) is 6.04 Å². The summed E-state index contributed by atoms with van der Waals surface area (Å²) in [5.41, 5.74) is 0.0751. The Morgan fingerprint density at radius 2 is 2.06 bits per heavy atom. The van der Waals surface area contributed by atoms with Crippen LogP contribution in [0.5, 0.6) is 0 Å². The summed E-state index contributed by atoms with van der Waals surface area (Å²) in [5.74, 6) is 0.308. The molecule has 17 heavy (non-hydrogen) atoms. The van der Waals surface area contributed by atoms with E-state index in [1.54, 1.807) is 12.1 Å². The molecule has 1 heterocycles. The Labute approximate surface area is 102 Å². The minimum Gasteiger partial charge on any atom is -0.477 e. The highest BCUT2D eigenvalue weighted by Crippen LogP contribution is 2.12. The Morgan fingerprint density at radius 1 is 1.35 bits per heavy atom. The highest BCUT2D eigenvalue weighted by atomic mass is 16.4. The van der Waals surface area contributed by atoms with E-state index < -0.39 is 5.97 Å². The first-order valence-electron chi connectivity index (χ1n) is 5.96. The van der Waals surface area contributed by atoms with E-state index in [2.05, 4.69) is 31.1 Å². The molecule has 1 unspecified atom stereocenters. The predicted molar refractivity (Wildman–Crippen MR) is 68.4 cm³/mol. The van der Waals surface area contributed by atoms with Crippen LogP contribution in [0.15, 0.2) is 18.2 Å². The molecule has 2 N–H and O–H groups in total. The molecule has 0 aliphatic carbocycles. The Morgan fingerprint density at radius 3 is 2.65 bits per heavy atom. The molecule has 0 aliphatic heterocycles. The number of rotatable bonds is 6. The number of nitrogens with zero attached hydrogens (tertiary/aromatic N) is 1. The third-order valence-corrected chi connectivity index (χ3v) is 2.54. The molecule has 1 aromatic rings. The molecule has 4 nitrogen and oxygen atoms in total. The largest absolute Gasteiger partial charge is 0.477 e. The molecule has 1 aromatic heterocycles. The van der Waals surface area contributed by atoms with Gasteiger partial charge in [0.1, 0.15) is 5.82 Å². The summed E-state index contributed by atoms with van der Waals surface area (Å²) in [4.78, 5) is 14.8. The lowest BCUT2D eigenvalue weighted by Gasteiger charge is -2.15. The number of pyridine rings is 1. The molecule has 0 saturated heterocycles. The molecule has 1 atom stereocenters. The fourth-order valence-electron chi connectivity index (χ4n) is 1.54. The van der Waals surface area contributed by atoms with Gasteiger partial charge in [0.15, 0.2) is 5.69 Å². The zero-order valence-electron chi connectivity index (χ0n) is 10.6.